The van der Waals surface area contributed by atoms with Gasteiger partial charge in [0.2, 0.25) is 5.95 Å². The van der Waals surface area contributed by atoms with Gasteiger partial charge in [-0.3, -0.25) is 4.79 Å². The summed E-state index contributed by atoms with van der Waals surface area (Å²) in [6, 6.07) is 13.5. The van der Waals surface area contributed by atoms with Gasteiger partial charge in [0.05, 0.1) is 0 Å². The number of fused-ring (bicyclic) bond motifs is 1. The molecule has 2 heterocycles. The van der Waals surface area contributed by atoms with Crippen molar-refractivity contribution in [3.05, 3.63) is 75.4 Å². The Morgan fingerprint density at radius 3 is 2.72 bits per heavy atom. The Kier molecular flexibility index (Phi) is 4.28. The molecule has 5 nitrogen and oxygen atoms in total. The second-order valence-corrected chi connectivity index (χ2v) is 8.13. The maximum absolute atomic E-state index is 12.9. The van der Waals surface area contributed by atoms with E-state index in [-0.39, 0.29) is 11.8 Å². The fourth-order valence-corrected chi connectivity index (χ4v) is 4.38. The van der Waals surface area contributed by atoms with Crippen LogP contribution in [0.25, 0.3) is 11.4 Å². The summed E-state index contributed by atoms with van der Waals surface area (Å²) in [7, 11) is 0. The van der Waals surface area contributed by atoms with Gasteiger partial charge in [0.15, 0.2) is 11.6 Å². The van der Waals surface area contributed by atoms with E-state index in [0.29, 0.717) is 23.2 Å². The normalized spacial score (nSPS) is 18.3. The molecule has 1 atom stereocenters. The van der Waals surface area contributed by atoms with Gasteiger partial charge in [0, 0.05) is 33.8 Å². The van der Waals surface area contributed by atoms with Crippen LogP contribution in [-0.4, -0.2) is 20.5 Å². The first-order chi connectivity index (χ1) is 14.0. The number of halogens is 1. The Morgan fingerprint density at radius 2 is 1.93 bits per heavy atom. The lowest BCUT2D eigenvalue weighted by Gasteiger charge is -2.32. The molecule has 2 aliphatic rings. The number of Topliss-reactive ketones (excluding diaryl/α,β-unsaturated/α-hetero) is 1. The van der Waals surface area contributed by atoms with E-state index in [0.717, 1.165) is 35.2 Å². The average molecular weight is 405 g/mol. The molecule has 6 heteroatoms. The van der Waals surface area contributed by atoms with E-state index < -0.39 is 0 Å². The molecule has 1 N–H and O–H groups in total. The highest BCUT2D eigenvalue weighted by atomic mass is 35.5. The van der Waals surface area contributed by atoms with Gasteiger partial charge in [-0.2, -0.15) is 4.98 Å². The molecule has 5 rings (SSSR count). The molecule has 0 bridgehead atoms. The summed E-state index contributed by atoms with van der Waals surface area (Å²) in [4.78, 5) is 17.7. The van der Waals surface area contributed by atoms with Gasteiger partial charge in [-0.25, -0.2) is 4.68 Å². The molecule has 0 fully saturated rings. The molecular formula is C23H21ClN4O. The number of nitrogens with zero attached hydrogens (tertiary/aromatic N) is 3. The Labute approximate surface area is 174 Å². The number of allylic oxidation sites excluding steroid dienone is 2. The van der Waals surface area contributed by atoms with Crippen LogP contribution >= 0.6 is 11.6 Å². The van der Waals surface area contributed by atoms with Crippen LogP contribution < -0.4 is 5.32 Å². The largest absolute Gasteiger partial charge is 0.328 e. The van der Waals surface area contributed by atoms with E-state index in [1.807, 2.05) is 35.0 Å². The minimum atomic E-state index is -0.365. The third-order valence-electron chi connectivity index (χ3n) is 5.83. The highest BCUT2D eigenvalue weighted by Crippen LogP contribution is 2.42. The number of benzene rings is 2. The number of aromatic nitrogens is 3. The van der Waals surface area contributed by atoms with Crippen molar-refractivity contribution in [3.8, 4) is 11.4 Å². The molecule has 2 aromatic carbocycles. The summed E-state index contributed by atoms with van der Waals surface area (Å²) < 4.78 is 1.81. The molecule has 146 valence electrons. The van der Waals surface area contributed by atoms with E-state index in [1.54, 1.807) is 0 Å². The summed E-state index contributed by atoms with van der Waals surface area (Å²) >= 11 is 6.55. The zero-order valence-corrected chi connectivity index (χ0v) is 17.1. The van der Waals surface area contributed by atoms with Crippen molar-refractivity contribution in [1.82, 2.24) is 14.8 Å². The van der Waals surface area contributed by atoms with Crippen LogP contribution in [0.15, 0.2) is 53.7 Å². The highest BCUT2D eigenvalue weighted by molar-refractivity contribution is 6.31. The SMILES string of the molecule is Cc1ccc(-c2nc3n(n2)C(c2ccccc2Cl)C2=C(CCCC2=O)N3)cc1C. The Morgan fingerprint density at radius 1 is 1.10 bits per heavy atom. The van der Waals surface area contributed by atoms with Gasteiger partial charge in [-0.05, 0) is 49.9 Å². The smallest absolute Gasteiger partial charge is 0.226 e. The summed E-state index contributed by atoms with van der Waals surface area (Å²) in [5, 5.41) is 8.81. The molecular weight excluding hydrogens is 384 g/mol. The zero-order chi connectivity index (χ0) is 20.1. The minimum Gasteiger partial charge on any atom is -0.328 e. The average Bonchev–Trinajstić information content (AvgIpc) is 3.13. The van der Waals surface area contributed by atoms with Crippen molar-refractivity contribution in [2.45, 2.75) is 39.2 Å². The van der Waals surface area contributed by atoms with Crippen LogP contribution in [0.1, 0.15) is 42.0 Å². The number of aryl methyl sites for hydroxylation is 2. The van der Waals surface area contributed by atoms with Crippen molar-refractivity contribution >= 4 is 23.3 Å². The predicted octanol–water partition coefficient (Wildman–Crippen LogP) is 5.24. The van der Waals surface area contributed by atoms with E-state index in [1.165, 1.54) is 11.1 Å². The topological polar surface area (TPSA) is 59.8 Å². The molecule has 1 aromatic heterocycles. The molecule has 0 radical (unpaired) electrons. The summed E-state index contributed by atoms with van der Waals surface area (Å²) in [5.74, 6) is 1.44. The standard InChI is InChI=1S/C23H21ClN4O/c1-13-10-11-15(12-14(13)2)22-26-23-25-18-8-5-9-19(29)20(18)21(28(23)27-22)16-6-3-4-7-17(16)24/h3-4,6-7,10-12,21H,5,8-9H2,1-2H3,(H,25,26,27). The first-order valence-electron chi connectivity index (χ1n) is 9.85. The van der Waals surface area contributed by atoms with Gasteiger partial charge in [0.25, 0.3) is 0 Å². The monoisotopic (exact) mass is 404 g/mol. The zero-order valence-electron chi connectivity index (χ0n) is 16.4. The van der Waals surface area contributed by atoms with Crippen molar-refractivity contribution in [3.63, 3.8) is 0 Å². The van der Waals surface area contributed by atoms with Crippen molar-refractivity contribution < 1.29 is 4.79 Å². The third-order valence-corrected chi connectivity index (χ3v) is 6.18. The quantitative estimate of drug-likeness (QED) is 0.634. The van der Waals surface area contributed by atoms with Crippen molar-refractivity contribution in [2.24, 2.45) is 0 Å². The third kappa shape index (κ3) is 2.97. The molecule has 3 aromatic rings. The van der Waals surface area contributed by atoms with Gasteiger partial charge in [0.1, 0.15) is 6.04 Å². The first-order valence-corrected chi connectivity index (χ1v) is 10.2. The molecule has 0 spiro atoms. The number of anilines is 1. The number of rotatable bonds is 2. The molecule has 0 amide bonds. The molecule has 29 heavy (non-hydrogen) atoms. The number of ketones is 1. The number of carbonyl (C=O) groups is 1. The van der Waals surface area contributed by atoms with Crippen LogP contribution in [-0.2, 0) is 4.79 Å². The van der Waals surface area contributed by atoms with Gasteiger partial charge in [-0.15, -0.1) is 5.10 Å². The Bertz CT molecular complexity index is 1180. The van der Waals surface area contributed by atoms with E-state index in [9.17, 15) is 4.79 Å². The summed E-state index contributed by atoms with van der Waals surface area (Å²) in [6.07, 6.45) is 2.22. The highest BCUT2D eigenvalue weighted by Gasteiger charge is 2.37. The van der Waals surface area contributed by atoms with Gasteiger partial charge >= 0.3 is 0 Å². The predicted molar refractivity (Wildman–Crippen MR) is 114 cm³/mol. The molecule has 0 saturated carbocycles. The lowest BCUT2D eigenvalue weighted by Crippen LogP contribution is -2.31. The first kappa shape index (κ1) is 18.1. The summed E-state index contributed by atoms with van der Waals surface area (Å²) in [5.41, 5.74) is 5.95. The van der Waals surface area contributed by atoms with Crippen molar-refractivity contribution in [1.29, 1.82) is 0 Å². The summed E-state index contributed by atoms with van der Waals surface area (Å²) in [6.45, 7) is 4.17. The van der Waals surface area contributed by atoms with Gasteiger partial charge in [-0.1, -0.05) is 41.9 Å². The van der Waals surface area contributed by atoms with Gasteiger partial charge < -0.3 is 5.32 Å². The lowest BCUT2D eigenvalue weighted by molar-refractivity contribution is -0.116. The Balaban J connectivity index is 1.69. The fourth-order valence-electron chi connectivity index (χ4n) is 4.14. The van der Waals surface area contributed by atoms with E-state index >= 15 is 0 Å². The fraction of sp³-hybridized carbons (Fsp3) is 0.261. The molecule has 1 aliphatic heterocycles. The van der Waals surface area contributed by atoms with Crippen LogP contribution in [0.4, 0.5) is 5.95 Å². The number of carbonyl (C=O) groups excluding carboxylic acids is 1. The molecule has 0 saturated heterocycles. The van der Waals surface area contributed by atoms with Crippen molar-refractivity contribution in [2.75, 3.05) is 5.32 Å². The minimum absolute atomic E-state index is 0.151. The number of hydrogen-bond acceptors (Lipinski definition) is 4. The molecule has 1 unspecified atom stereocenters. The number of nitrogens with one attached hydrogen (secondary N) is 1. The second kappa shape index (κ2) is 6.85. The maximum Gasteiger partial charge on any atom is 0.226 e. The lowest BCUT2D eigenvalue weighted by atomic mass is 9.85. The van der Waals surface area contributed by atoms with Crippen LogP contribution in [0, 0.1) is 13.8 Å². The van der Waals surface area contributed by atoms with Crippen LogP contribution in [0.5, 0.6) is 0 Å². The van der Waals surface area contributed by atoms with Crippen LogP contribution in [0.3, 0.4) is 0 Å². The molecule has 1 aliphatic carbocycles. The van der Waals surface area contributed by atoms with E-state index in [4.69, 9.17) is 21.7 Å². The second-order valence-electron chi connectivity index (χ2n) is 7.72. The number of hydrogen-bond donors (Lipinski definition) is 1. The van der Waals surface area contributed by atoms with E-state index in [2.05, 4.69) is 31.3 Å². The maximum atomic E-state index is 12.9. The van der Waals surface area contributed by atoms with Crippen LogP contribution in [0.2, 0.25) is 5.02 Å². The Hall–Kier alpha value is -2.92.